The van der Waals surface area contributed by atoms with E-state index in [0.717, 1.165) is 126 Å². The standard InChI is InChI=1S/C52H54N8O4Si/c1-3-61-29-33-21-25-35(26-22-33)31-63-65(64-32-36-27-23-34(24-28-36)30-62-4-2)59-49-41-17-9-10-18-42(41)51(59)57-47-39-15-7-8-16-40(39)48(54-47)58-52-44-20-12-11-19-43(44)50(60(52)65)56-46-38-14-6-5-13-37(38)45(53-46)55-49/h3-7,9-15,17-20,33-36,49H,1-2,8,16,21-32H2,(H,53,55,56). The van der Waals surface area contributed by atoms with Crippen LogP contribution in [-0.2, 0) is 18.3 Å². The van der Waals surface area contributed by atoms with Crippen molar-refractivity contribution in [3.63, 3.8) is 0 Å². The Kier molecular flexibility index (Phi) is 10.4. The summed E-state index contributed by atoms with van der Waals surface area (Å²) in [5.41, 5.74) is 6.16. The summed E-state index contributed by atoms with van der Waals surface area (Å²) in [4.78, 5) is 27.7. The zero-order valence-electron chi connectivity index (χ0n) is 36.7. The largest absolute Gasteiger partial charge is 0.599 e. The number of aliphatic imine (C=N–C) groups is 5. The van der Waals surface area contributed by atoms with E-state index in [1.165, 1.54) is 0 Å². The van der Waals surface area contributed by atoms with Gasteiger partial charge in [-0.3, -0.25) is 8.80 Å². The Morgan fingerprint density at radius 2 is 1.18 bits per heavy atom. The van der Waals surface area contributed by atoms with Crippen molar-refractivity contribution in [2.24, 2.45) is 48.6 Å². The van der Waals surface area contributed by atoms with Gasteiger partial charge < -0.3 is 23.6 Å². The molecule has 8 aliphatic rings. The summed E-state index contributed by atoms with van der Waals surface area (Å²) >= 11 is 0. The van der Waals surface area contributed by atoms with Gasteiger partial charge in [0.2, 0.25) is 0 Å². The first kappa shape index (κ1) is 40.4. The van der Waals surface area contributed by atoms with Gasteiger partial charge in [0.05, 0.1) is 25.7 Å². The van der Waals surface area contributed by atoms with Crippen LogP contribution in [0.15, 0.2) is 147 Å². The molecule has 6 heterocycles. The molecule has 13 heteroatoms. The summed E-state index contributed by atoms with van der Waals surface area (Å²) in [6.45, 7) is 9.99. The van der Waals surface area contributed by atoms with Crippen LogP contribution < -0.4 is 5.32 Å². The molecule has 3 aliphatic carbocycles. The quantitative estimate of drug-likeness (QED) is 0.112. The van der Waals surface area contributed by atoms with Gasteiger partial charge in [-0.2, -0.15) is 0 Å². The van der Waals surface area contributed by atoms with Crippen LogP contribution in [0.4, 0.5) is 11.6 Å². The summed E-state index contributed by atoms with van der Waals surface area (Å²) < 4.78 is 32.1. The van der Waals surface area contributed by atoms with Crippen molar-refractivity contribution in [1.29, 1.82) is 0 Å². The maximum absolute atomic E-state index is 8.01. The van der Waals surface area contributed by atoms with Gasteiger partial charge in [0.25, 0.3) is 0 Å². The van der Waals surface area contributed by atoms with Crippen LogP contribution >= 0.6 is 0 Å². The van der Waals surface area contributed by atoms with Gasteiger partial charge in [0.1, 0.15) is 29.5 Å². The van der Waals surface area contributed by atoms with Gasteiger partial charge in [-0.1, -0.05) is 98.1 Å². The van der Waals surface area contributed by atoms with Crippen LogP contribution in [0, 0.1) is 23.7 Å². The number of nitrogens with zero attached hydrogens (tertiary/aromatic N) is 7. The zero-order valence-corrected chi connectivity index (χ0v) is 37.7. The van der Waals surface area contributed by atoms with Crippen LogP contribution in [-0.4, -0.2) is 73.3 Å². The third kappa shape index (κ3) is 6.89. The van der Waals surface area contributed by atoms with E-state index in [1.54, 1.807) is 12.5 Å². The molecule has 12 rings (SSSR count). The summed E-state index contributed by atoms with van der Waals surface area (Å²) in [6, 6.07) is 25.5. The van der Waals surface area contributed by atoms with Crippen LogP contribution in [0.3, 0.4) is 0 Å². The number of rotatable bonds is 12. The summed E-state index contributed by atoms with van der Waals surface area (Å²) in [5.74, 6) is 6.55. The molecule has 330 valence electrons. The number of fused-ring (bicyclic) bond motifs is 13. The third-order valence-electron chi connectivity index (χ3n) is 14.7. The van der Waals surface area contributed by atoms with Crippen LogP contribution in [0.5, 0.6) is 0 Å². The molecule has 2 saturated carbocycles. The molecule has 3 aromatic carbocycles. The Balaban J connectivity index is 1.11. The fourth-order valence-electron chi connectivity index (χ4n) is 11.2. The van der Waals surface area contributed by atoms with E-state index in [-0.39, 0.29) is 0 Å². The Hall–Kier alpha value is -6.15. The second kappa shape index (κ2) is 16.7. The lowest BCUT2D eigenvalue weighted by molar-refractivity contribution is 0.0544. The molecule has 0 amide bonds. The number of benzene rings is 3. The molecule has 5 aliphatic heterocycles. The Labute approximate surface area is 381 Å². The van der Waals surface area contributed by atoms with E-state index in [2.05, 4.69) is 112 Å². The zero-order chi connectivity index (χ0) is 43.5. The highest BCUT2D eigenvalue weighted by Gasteiger charge is 2.61. The maximum Gasteiger partial charge on any atom is 0.599 e. The minimum atomic E-state index is -4.12. The van der Waals surface area contributed by atoms with E-state index in [4.69, 9.17) is 43.3 Å². The van der Waals surface area contributed by atoms with Gasteiger partial charge in [-0.15, -0.1) is 0 Å². The number of ether oxygens (including phenoxy) is 2. The number of amidine groups is 5. The fraction of sp³-hybridized carbons (Fsp3) is 0.365. The van der Waals surface area contributed by atoms with Crippen molar-refractivity contribution in [1.82, 2.24) is 14.1 Å². The van der Waals surface area contributed by atoms with Gasteiger partial charge in [0.15, 0.2) is 17.5 Å². The van der Waals surface area contributed by atoms with Crippen LogP contribution in [0.1, 0.15) is 92.6 Å². The molecular formula is C52H54N8O4Si. The number of hydrogen-bond acceptors (Lipinski definition) is 11. The number of allylic oxidation sites excluding steroid dienone is 1. The van der Waals surface area contributed by atoms with Crippen molar-refractivity contribution in [3.8, 4) is 0 Å². The normalized spacial score (nSPS) is 27.0. The van der Waals surface area contributed by atoms with E-state index in [1.807, 2.05) is 0 Å². The number of aromatic nitrogens is 1. The first-order valence-corrected chi connectivity index (χ1v) is 25.3. The average Bonchev–Trinajstić information content (AvgIpc) is 4.07. The minimum Gasteiger partial charge on any atom is -0.502 e. The highest BCUT2D eigenvalue weighted by molar-refractivity contribution is 6.68. The molecule has 4 aromatic rings. The molecule has 6 bridgehead atoms. The third-order valence-corrected chi connectivity index (χ3v) is 17.8. The molecule has 12 nitrogen and oxygen atoms in total. The molecule has 1 unspecified atom stereocenters. The predicted molar refractivity (Wildman–Crippen MR) is 258 cm³/mol. The maximum atomic E-state index is 8.01. The Morgan fingerprint density at radius 3 is 1.83 bits per heavy atom. The summed E-state index contributed by atoms with van der Waals surface area (Å²) in [5, 5.41) is 5.92. The monoisotopic (exact) mass is 882 g/mol. The van der Waals surface area contributed by atoms with E-state index in [0.29, 0.717) is 73.4 Å². The number of hydrogen-bond donors (Lipinski definition) is 1. The lowest BCUT2D eigenvalue weighted by Gasteiger charge is -2.44. The van der Waals surface area contributed by atoms with Gasteiger partial charge in [-0.25, -0.2) is 25.0 Å². The molecular weight excluding hydrogens is 829 g/mol. The van der Waals surface area contributed by atoms with Gasteiger partial charge in [0, 0.05) is 57.4 Å². The smallest absolute Gasteiger partial charge is 0.502 e. The van der Waals surface area contributed by atoms with Crippen molar-refractivity contribution in [2.45, 2.75) is 70.4 Å². The summed E-state index contributed by atoms with van der Waals surface area (Å²) in [7, 11) is -4.12. The first-order valence-electron chi connectivity index (χ1n) is 23.6. The van der Waals surface area contributed by atoms with Crippen molar-refractivity contribution in [3.05, 3.63) is 144 Å². The highest BCUT2D eigenvalue weighted by atomic mass is 28.4. The van der Waals surface area contributed by atoms with Crippen molar-refractivity contribution >= 4 is 60.5 Å². The molecule has 1 aromatic heterocycles. The van der Waals surface area contributed by atoms with Crippen LogP contribution in [0.25, 0.3) is 10.8 Å². The predicted octanol–water partition coefficient (Wildman–Crippen LogP) is 10.2. The molecule has 65 heavy (non-hydrogen) atoms. The molecule has 0 radical (unpaired) electrons. The lowest BCUT2D eigenvalue weighted by atomic mass is 9.83. The Bertz CT molecular complexity index is 2780. The van der Waals surface area contributed by atoms with Crippen molar-refractivity contribution in [2.75, 3.05) is 26.4 Å². The van der Waals surface area contributed by atoms with E-state index >= 15 is 0 Å². The number of nitrogens with one attached hydrogen (secondary N) is 1. The average molecular weight is 883 g/mol. The second-order valence-corrected chi connectivity index (χ2v) is 21.2. The Morgan fingerprint density at radius 1 is 0.615 bits per heavy atom. The molecule has 0 saturated heterocycles. The topological polar surface area (TPSA) is 119 Å². The second-order valence-electron chi connectivity index (χ2n) is 18.6. The van der Waals surface area contributed by atoms with E-state index in [9.17, 15) is 0 Å². The van der Waals surface area contributed by atoms with Gasteiger partial charge in [-0.05, 0) is 87.9 Å². The molecule has 1 atom stereocenters. The molecule has 1 N–H and O–H groups in total. The first-order chi connectivity index (χ1) is 32.1. The summed E-state index contributed by atoms with van der Waals surface area (Å²) in [6.07, 6.45) is 17.2. The van der Waals surface area contributed by atoms with Crippen molar-refractivity contribution < 1.29 is 18.3 Å². The minimum absolute atomic E-state index is 0.308. The molecule has 2 fully saturated rings. The van der Waals surface area contributed by atoms with E-state index < -0.39 is 15.0 Å². The highest BCUT2D eigenvalue weighted by Crippen LogP contribution is 2.49. The van der Waals surface area contributed by atoms with Crippen LogP contribution in [0.2, 0.25) is 0 Å². The van der Waals surface area contributed by atoms with Gasteiger partial charge >= 0.3 is 8.88 Å². The fourth-order valence-corrected chi connectivity index (χ4v) is 14.8. The lowest BCUT2D eigenvalue weighted by Crippen LogP contribution is -2.67. The molecule has 0 spiro atoms. The SMILES string of the molecule is C=COCC1CCC(CO[Si]2(OCC3CCC(COC=C)CC3)N3C4=NC5=NC(=Nc6c7ccccc7c(n62)N=C2N=C(NC3c3ccccc34)c3ccccc32)C2=C5C=CCC2)CC1.